The third-order valence-electron chi connectivity index (χ3n) is 6.02. The number of rotatable bonds is 10. The van der Waals surface area contributed by atoms with E-state index in [1.807, 2.05) is 6.92 Å². The Kier molecular flexibility index (Phi) is 6.30. The van der Waals surface area contributed by atoms with E-state index >= 15 is 0 Å². The van der Waals surface area contributed by atoms with Crippen LogP contribution in [0.15, 0.2) is 0 Å². The summed E-state index contributed by atoms with van der Waals surface area (Å²) in [5.74, 6) is -1.78. The predicted molar refractivity (Wildman–Crippen MR) is 102 cm³/mol. The van der Waals surface area contributed by atoms with Crippen LogP contribution >= 0.6 is 0 Å². The summed E-state index contributed by atoms with van der Waals surface area (Å²) < 4.78 is 0. The molecule has 0 radical (unpaired) electrons. The summed E-state index contributed by atoms with van der Waals surface area (Å²) in [5, 5.41) is 29.9. The van der Waals surface area contributed by atoms with Gasteiger partial charge < -0.3 is 31.5 Å². The van der Waals surface area contributed by atoms with Gasteiger partial charge in [-0.25, -0.2) is 4.79 Å². The second kappa shape index (κ2) is 8.56. The Labute approximate surface area is 169 Å². The largest absolute Gasteiger partial charge is 0.465 e. The van der Waals surface area contributed by atoms with Gasteiger partial charge in [-0.2, -0.15) is 0 Å². The van der Waals surface area contributed by atoms with E-state index in [1.165, 1.54) is 0 Å². The highest BCUT2D eigenvalue weighted by Gasteiger charge is 2.43. The number of hydrogen-bond donors (Lipinski definition) is 6. The first kappa shape index (κ1) is 21.4. The zero-order valence-corrected chi connectivity index (χ0v) is 16.6. The summed E-state index contributed by atoms with van der Waals surface area (Å²) in [4.78, 5) is 48.3. The van der Waals surface area contributed by atoms with Gasteiger partial charge in [-0.3, -0.25) is 14.4 Å². The zero-order valence-electron chi connectivity index (χ0n) is 16.6. The van der Waals surface area contributed by atoms with Crippen LogP contribution in [0.4, 0.5) is 4.79 Å². The molecule has 4 amide bonds. The lowest BCUT2D eigenvalue weighted by atomic mass is 9.93. The van der Waals surface area contributed by atoms with Crippen molar-refractivity contribution >= 4 is 23.8 Å². The molecule has 0 spiro atoms. The molecule has 0 bridgehead atoms. The highest BCUT2D eigenvalue weighted by atomic mass is 16.4. The molecule has 0 aromatic rings. The van der Waals surface area contributed by atoms with Gasteiger partial charge in [-0.15, -0.1) is 0 Å². The number of aliphatic hydroxyl groups excluding tert-OH is 1. The van der Waals surface area contributed by atoms with Crippen molar-refractivity contribution in [2.75, 3.05) is 6.54 Å². The van der Waals surface area contributed by atoms with Crippen LogP contribution in [0.1, 0.15) is 51.9 Å². The van der Waals surface area contributed by atoms with E-state index in [0.29, 0.717) is 19.4 Å². The Balaban J connectivity index is 1.68. The van der Waals surface area contributed by atoms with Crippen molar-refractivity contribution in [2.45, 2.75) is 76.1 Å². The van der Waals surface area contributed by atoms with Crippen molar-refractivity contribution in [3.63, 3.8) is 0 Å². The smallest absolute Gasteiger partial charge is 0.405 e. The van der Waals surface area contributed by atoms with Crippen molar-refractivity contribution in [2.24, 2.45) is 11.3 Å². The molecular formula is C19H30N4O6. The number of carboxylic acid groups (broad SMARTS) is 1. The number of amides is 4. The molecule has 10 nitrogen and oxygen atoms in total. The summed E-state index contributed by atoms with van der Waals surface area (Å²) in [7, 11) is 0. The number of hydrogen-bond acceptors (Lipinski definition) is 5. The second-order valence-electron chi connectivity index (χ2n) is 8.87. The Hall–Kier alpha value is -2.36. The maximum Gasteiger partial charge on any atom is 0.405 e. The van der Waals surface area contributed by atoms with Crippen LogP contribution < -0.4 is 21.3 Å². The number of carbonyl (C=O) groups excluding carboxylic acids is 3. The number of aliphatic hydroxyl groups is 1. The van der Waals surface area contributed by atoms with Crippen LogP contribution in [0.5, 0.6) is 0 Å². The first-order valence-electron chi connectivity index (χ1n) is 10.2. The summed E-state index contributed by atoms with van der Waals surface area (Å²) in [6.45, 7) is 2.49. The van der Waals surface area contributed by atoms with Gasteiger partial charge in [0.25, 0.3) is 5.91 Å². The minimum Gasteiger partial charge on any atom is -0.465 e. The Morgan fingerprint density at radius 2 is 1.86 bits per heavy atom. The molecule has 4 atom stereocenters. The molecule has 3 fully saturated rings. The first-order valence-corrected chi connectivity index (χ1v) is 10.2. The van der Waals surface area contributed by atoms with Crippen molar-refractivity contribution in [1.82, 2.24) is 21.3 Å². The first-order chi connectivity index (χ1) is 13.7. The second-order valence-corrected chi connectivity index (χ2v) is 8.87. The van der Waals surface area contributed by atoms with Crippen LogP contribution in [0.3, 0.4) is 0 Å². The van der Waals surface area contributed by atoms with Gasteiger partial charge in [0.15, 0.2) is 6.10 Å². The lowest BCUT2D eigenvalue weighted by Gasteiger charge is -2.28. The topological polar surface area (TPSA) is 157 Å². The maximum absolute atomic E-state index is 12.8. The molecule has 3 aliphatic rings. The lowest BCUT2D eigenvalue weighted by molar-refractivity contribution is -0.134. The molecule has 2 saturated carbocycles. The minimum atomic E-state index is -1.52. The van der Waals surface area contributed by atoms with Crippen LogP contribution in [0.25, 0.3) is 0 Å². The molecule has 1 aliphatic heterocycles. The fourth-order valence-electron chi connectivity index (χ4n) is 3.69. The highest BCUT2D eigenvalue weighted by Crippen LogP contribution is 2.48. The molecule has 29 heavy (non-hydrogen) atoms. The van der Waals surface area contributed by atoms with Crippen LogP contribution in [-0.4, -0.2) is 64.8 Å². The molecule has 162 valence electrons. The van der Waals surface area contributed by atoms with E-state index in [4.69, 9.17) is 5.11 Å². The van der Waals surface area contributed by atoms with E-state index in [2.05, 4.69) is 21.3 Å². The number of carbonyl (C=O) groups is 4. The molecule has 1 saturated heterocycles. The summed E-state index contributed by atoms with van der Waals surface area (Å²) in [5.41, 5.74) is -0.0900. The van der Waals surface area contributed by atoms with Gasteiger partial charge in [0.2, 0.25) is 11.8 Å². The minimum absolute atomic E-state index is 0.0412. The average molecular weight is 410 g/mol. The molecule has 2 aliphatic carbocycles. The van der Waals surface area contributed by atoms with Gasteiger partial charge in [-0.05, 0) is 50.4 Å². The van der Waals surface area contributed by atoms with E-state index in [9.17, 15) is 24.3 Å². The fraction of sp³-hybridized carbons (Fsp3) is 0.789. The van der Waals surface area contributed by atoms with E-state index in [-0.39, 0.29) is 23.8 Å². The monoisotopic (exact) mass is 410 g/mol. The van der Waals surface area contributed by atoms with Gasteiger partial charge in [0, 0.05) is 18.5 Å². The van der Waals surface area contributed by atoms with Crippen LogP contribution in [0.2, 0.25) is 0 Å². The predicted octanol–water partition coefficient (Wildman–Crippen LogP) is -0.537. The molecule has 0 aromatic carbocycles. The van der Waals surface area contributed by atoms with Crippen LogP contribution in [0, 0.1) is 11.3 Å². The van der Waals surface area contributed by atoms with Crippen molar-refractivity contribution < 1.29 is 29.4 Å². The Bertz CT molecular complexity index is 676. The quantitative estimate of drug-likeness (QED) is 0.284. The number of nitrogens with one attached hydrogen (secondary N) is 4. The average Bonchev–Trinajstić information content (AvgIpc) is 3.56. The summed E-state index contributed by atoms with van der Waals surface area (Å²) in [6, 6.07) is -1.93. The van der Waals surface area contributed by atoms with Crippen LogP contribution in [-0.2, 0) is 14.4 Å². The Morgan fingerprint density at radius 3 is 2.38 bits per heavy atom. The Morgan fingerprint density at radius 1 is 1.17 bits per heavy atom. The summed E-state index contributed by atoms with van der Waals surface area (Å²) >= 11 is 0. The van der Waals surface area contributed by atoms with Gasteiger partial charge >= 0.3 is 6.09 Å². The molecular weight excluding hydrogens is 380 g/mol. The van der Waals surface area contributed by atoms with Gasteiger partial charge in [0.1, 0.15) is 6.04 Å². The van der Waals surface area contributed by atoms with E-state index < -0.39 is 42.0 Å². The lowest BCUT2D eigenvalue weighted by Crippen LogP contribution is -2.56. The zero-order chi connectivity index (χ0) is 21.2. The highest BCUT2D eigenvalue weighted by molar-refractivity contribution is 5.88. The molecule has 10 heteroatoms. The van der Waals surface area contributed by atoms with Crippen molar-refractivity contribution in [3.05, 3.63) is 0 Å². The van der Waals surface area contributed by atoms with E-state index in [0.717, 1.165) is 25.7 Å². The van der Waals surface area contributed by atoms with E-state index in [1.54, 1.807) is 0 Å². The normalized spacial score (nSPS) is 25.3. The summed E-state index contributed by atoms with van der Waals surface area (Å²) in [6.07, 6.45) is 1.69. The fourth-order valence-corrected chi connectivity index (χ4v) is 3.69. The maximum atomic E-state index is 12.8. The van der Waals surface area contributed by atoms with Gasteiger partial charge in [0.05, 0.1) is 6.04 Å². The van der Waals surface area contributed by atoms with Gasteiger partial charge in [-0.1, -0.05) is 6.92 Å². The molecule has 0 aromatic heterocycles. The van der Waals surface area contributed by atoms with Crippen molar-refractivity contribution in [1.29, 1.82) is 0 Å². The standard InChI is InChI=1S/C19H30N4O6/c1-19(5-6-19)9-13(23-18(28)29)16(26)22-12(8-10-4-7-20-15(10)25)14(24)17(27)21-11-2-3-11/h10-14,23-24H,2-9H2,1H3,(H,20,25)(H,21,27)(H,22,26)(H,28,29)/t10-,12-,13-,14?/m0/s1. The van der Waals surface area contributed by atoms with Crippen molar-refractivity contribution in [3.8, 4) is 0 Å². The molecule has 6 N–H and O–H groups in total. The SMILES string of the molecule is CC1(C[C@H](NC(=O)O)C(=O)N[C@@H](C[C@@H]2CCNC2=O)C(O)C(=O)NC2CC2)CC1. The molecule has 1 unspecified atom stereocenters. The molecule has 1 heterocycles. The third kappa shape index (κ3) is 6.06. The third-order valence-corrected chi connectivity index (χ3v) is 6.02. The molecule has 3 rings (SSSR count).